The van der Waals surface area contributed by atoms with E-state index in [9.17, 15) is 9.59 Å². The monoisotopic (exact) mass is 644 g/mol. The third-order valence-electron chi connectivity index (χ3n) is 8.49. The largest absolute Gasteiger partial charge is 0.496 e. The number of hydrogen-bond donors (Lipinski definition) is 1. The van der Waals surface area contributed by atoms with Crippen LogP contribution in [0.15, 0.2) is 48.8 Å². The second kappa shape index (κ2) is 12.7. The van der Waals surface area contributed by atoms with Crippen LogP contribution in [0, 0.1) is 0 Å². The van der Waals surface area contributed by atoms with E-state index in [1.807, 2.05) is 24.3 Å². The first kappa shape index (κ1) is 31.5. The number of anilines is 2. The topological polar surface area (TPSA) is 130 Å². The van der Waals surface area contributed by atoms with E-state index < -0.39 is 13.7 Å². The lowest BCUT2D eigenvalue weighted by Gasteiger charge is -2.44. The number of rotatable bonds is 10. The standard InChI is InChI=1S/C33H40N6O6Si/c1-42-28-8-6-7-23-29(43-2)18-25(36-30(23)28)31(41)38-13-11-33(12-14-38)19-26(40)24-17-22(9-10-27(24)45-33)35-32-34-20-39(37-32)21-44-15-16-46(3,4)5/h6-10,17-18,20H,11-16,19,21H2,1-5H3,(H,35,37). The number of hydrogen-bond acceptors (Lipinski definition) is 10. The summed E-state index contributed by atoms with van der Waals surface area (Å²) in [6, 6.07) is 13.7. The Morgan fingerprint density at radius 1 is 1.07 bits per heavy atom. The summed E-state index contributed by atoms with van der Waals surface area (Å²) in [6.45, 7) is 8.85. The first-order valence-electron chi connectivity index (χ1n) is 15.5. The molecule has 12 nitrogen and oxygen atoms in total. The van der Waals surface area contributed by atoms with Gasteiger partial charge in [-0.05, 0) is 36.4 Å². The van der Waals surface area contributed by atoms with Crippen LogP contribution in [-0.2, 0) is 11.5 Å². The van der Waals surface area contributed by atoms with Crippen LogP contribution in [0.1, 0.15) is 40.1 Å². The molecule has 1 fully saturated rings. The van der Waals surface area contributed by atoms with Gasteiger partial charge in [0, 0.05) is 57.8 Å². The van der Waals surface area contributed by atoms with Crippen molar-refractivity contribution in [1.82, 2.24) is 24.6 Å². The average Bonchev–Trinajstić information content (AvgIpc) is 3.49. The SMILES string of the molecule is COc1cc(C(=O)N2CCC3(CC2)CC(=O)c2cc(Nc4ncn(COCC[Si](C)(C)C)n4)ccc2O3)nc2c(OC)cccc12. The fraction of sp³-hybridized carbons (Fsp3) is 0.424. The molecule has 0 aliphatic carbocycles. The van der Waals surface area contributed by atoms with Crippen LogP contribution < -0.4 is 19.5 Å². The number of carbonyl (C=O) groups is 2. The molecule has 0 bridgehead atoms. The Hall–Kier alpha value is -4.49. The van der Waals surface area contributed by atoms with Crippen LogP contribution in [0.3, 0.4) is 0 Å². The molecule has 4 heterocycles. The summed E-state index contributed by atoms with van der Waals surface area (Å²) in [7, 11) is 1.99. The molecule has 242 valence electrons. The van der Waals surface area contributed by atoms with E-state index >= 15 is 0 Å². The fourth-order valence-corrected chi connectivity index (χ4v) is 6.60. The Morgan fingerprint density at radius 2 is 1.85 bits per heavy atom. The van der Waals surface area contributed by atoms with Crippen molar-refractivity contribution in [3.8, 4) is 17.2 Å². The summed E-state index contributed by atoms with van der Waals surface area (Å²) >= 11 is 0. The number of benzene rings is 2. The van der Waals surface area contributed by atoms with E-state index in [0.29, 0.717) is 79.2 Å². The van der Waals surface area contributed by atoms with Crippen LogP contribution in [0.5, 0.6) is 17.2 Å². The second-order valence-electron chi connectivity index (χ2n) is 13.0. The Bertz CT molecular complexity index is 1760. The predicted molar refractivity (Wildman–Crippen MR) is 176 cm³/mol. The Kier molecular flexibility index (Phi) is 8.71. The molecule has 46 heavy (non-hydrogen) atoms. The van der Waals surface area contributed by atoms with E-state index in [1.54, 1.807) is 48.3 Å². The highest BCUT2D eigenvalue weighted by Gasteiger charge is 2.44. The number of nitrogens with zero attached hydrogens (tertiary/aromatic N) is 5. The number of ketones is 1. The van der Waals surface area contributed by atoms with E-state index in [0.717, 1.165) is 11.4 Å². The van der Waals surface area contributed by atoms with E-state index in [2.05, 4.69) is 40.0 Å². The molecule has 13 heteroatoms. The number of carbonyl (C=O) groups excluding carboxylic acids is 2. The lowest BCUT2D eigenvalue weighted by molar-refractivity contribution is -0.00583. The van der Waals surface area contributed by atoms with Gasteiger partial charge < -0.3 is 29.2 Å². The normalized spacial score (nSPS) is 15.8. The van der Waals surface area contributed by atoms with Gasteiger partial charge >= 0.3 is 0 Å². The third-order valence-corrected chi connectivity index (χ3v) is 10.2. The zero-order valence-corrected chi connectivity index (χ0v) is 28.0. The number of aromatic nitrogens is 4. The lowest BCUT2D eigenvalue weighted by atomic mass is 9.82. The van der Waals surface area contributed by atoms with Crippen LogP contribution in [0.4, 0.5) is 11.6 Å². The molecule has 0 atom stereocenters. The zero-order valence-electron chi connectivity index (χ0n) is 27.0. The molecule has 1 spiro atoms. The molecule has 6 rings (SSSR count). The van der Waals surface area contributed by atoms with Gasteiger partial charge in [0.25, 0.3) is 5.91 Å². The molecule has 2 aliphatic rings. The molecule has 2 aliphatic heterocycles. The van der Waals surface area contributed by atoms with Crippen molar-refractivity contribution in [2.24, 2.45) is 0 Å². The summed E-state index contributed by atoms with van der Waals surface area (Å²) < 4.78 is 24.9. The number of fused-ring (bicyclic) bond motifs is 2. The van der Waals surface area contributed by atoms with Gasteiger partial charge in [-0.1, -0.05) is 25.7 Å². The Labute approximate surface area is 269 Å². The lowest BCUT2D eigenvalue weighted by Crippen LogP contribution is -2.52. The molecule has 1 saturated heterocycles. The highest BCUT2D eigenvalue weighted by Crippen LogP contribution is 2.41. The van der Waals surface area contributed by atoms with Gasteiger partial charge in [0.05, 0.1) is 26.2 Å². The maximum absolute atomic E-state index is 13.6. The minimum atomic E-state index is -1.15. The minimum absolute atomic E-state index is 0.00647. The fourth-order valence-electron chi connectivity index (χ4n) is 5.84. The molecule has 2 aromatic carbocycles. The number of para-hydroxylation sites is 1. The Morgan fingerprint density at radius 3 is 2.59 bits per heavy atom. The number of nitrogens with one attached hydrogen (secondary N) is 1. The van der Waals surface area contributed by atoms with Crippen LogP contribution in [-0.4, -0.2) is 83.9 Å². The number of methoxy groups -OCH3 is 2. The molecule has 2 aromatic heterocycles. The molecular weight excluding hydrogens is 604 g/mol. The smallest absolute Gasteiger partial charge is 0.272 e. The summed E-state index contributed by atoms with van der Waals surface area (Å²) in [5, 5.41) is 8.37. The first-order chi connectivity index (χ1) is 22.1. The average molecular weight is 645 g/mol. The number of likely N-dealkylation sites (tertiary alicyclic amines) is 1. The van der Waals surface area contributed by atoms with Gasteiger partial charge in [0.1, 0.15) is 47.1 Å². The molecule has 4 aromatic rings. The molecule has 0 unspecified atom stereocenters. The number of Topliss-reactive ketones (excluding diaryl/α,β-unsaturated/α-hetero) is 1. The molecule has 1 N–H and O–H groups in total. The summed E-state index contributed by atoms with van der Waals surface area (Å²) in [5.41, 5.74) is 1.40. The van der Waals surface area contributed by atoms with Crippen molar-refractivity contribution in [2.45, 2.75) is 57.3 Å². The van der Waals surface area contributed by atoms with Gasteiger partial charge in [0.2, 0.25) is 5.95 Å². The van der Waals surface area contributed by atoms with Crippen molar-refractivity contribution in [1.29, 1.82) is 0 Å². The summed E-state index contributed by atoms with van der Waals surface area (Å²) in [4.78, 5) is 37.7. The highest BCUT2D eigenvalue weighted by molar-refractivity contribution is 6.76. The third kappa shape index (κ3) is 6.70. The van der Waals surface area contributed by atoms with Crippen LogP contribution in [0.25, 0.3) is 10.9 Å². The number of amides is 1. The molecule has 0 saturated carbocycles. The second-order valence-corrected chi connectivity index (χ2v) is 18.7. The van der Waals surface area contributed by atoms with E-state index in [4.69, 9.17) is 18.9 Å². The molecule has 1 amide bonds. The highest BCUT2D eigenvalue weighted by atomic mass is 28.3. The number of ether oxygens (including phenoxy) is 4. The van der Waals surface area contributed by atoms with Gasteiger partial charge in [0.15, 0.2) is 5.78 Å². The first-order valence-corrected chi connectivity index (χ1v) is 19.2. The van der Waals surface area contributed by atoms with Gasteiger partial charge in [-0.2, -0.15) is 0 Å². The zero-order chi connectivity index (χ0) is 32.5. The van der Waals surface area contributed by atoms with E-state index in [1.165, 1.54) is 0 Å². The minimum Gasteiger partial charge on any atom is -0.496 e. The van der Waals surface area contributed by atoms with Crippen molar-refractivity contribution >= 4 is 42.3 Å². The molecular formula is C33H40N6O6Si. The van der Waals surface area contributed by atoms with Crippen LogP contribution >= 0.6 is 0 Å². The quantitative estimate of drug-likeness (QED) is 0.174. The van der Waals surface area contributed by atoms with Crippen molar-refractivity contribution in [3.05, 3.63) is 60.0 Å². The van der Waals surface area contributed by atoms with Gasteiger partial charge in [-0.3, -0.25) is 9.59 Å². The van der Waals surface area contributed by atoms with Crippen molar-refractivity contribution in [2.75, 3.05) is 39.2 Å². The van der Waals surface area contributed by atoms with Gasteiger partial charge in [-0.15, -0.1) is 5.10 Å². The van der Waals surface area contributed by atoms with Crippen molar-refractivity contribution < 1.29 is 28.5 Å². The summed E-state index contributed by atoms with van der Waals surface area (Å²) in [5.74, 6) is 1.89. The summed E-state index contributed by atoms with van der Waals surface area (Å²) in [6.07, 6.45) is 2.92. The van der Waals surface area contributed by atoms with Gasteiger partial charge in [-0.25, -0.2) is 14.6 Å². The maximum Gasteiger partial charge on any atom is 0.272 e. The predicted octanol–water partition coefficient (Wildman–Crippen LogP) is 5.54. The number of piperidine rings is 1. The Balaban J connectivity index is 1.08. The van der Waals surface area contributed by atoms with Crippen molar-refractivity contribution in [3.63, 3.8) is 0 Å². The van der Waals surface area contributed by atoms with Crippen LogP contribution in [0.2, 0.25) is 25.7 Å². The maximum atomic E-state index is 13.6. The number of pyridine rings is 1. The molecule has 0 radical (unpaired) electrons. The van der Waals surface area contributed by atoms with E-state index in [-0.39, 0.29) is 23.8 Å².